The van der Waals surface area contributed by atoms with Gasteiger partial charge in [0.15, 0.2) is 24.0 Å². The molecule has 5 nitrogen and oxygen atoms in total. The van der Waals surface area contributed by atoms with E-state index in [1.807, 2.05) is 0 Å². The van der Waals surface area contributed by atoms with Crippen LogP contribution < -0.4 is 19.5 Å². The molecule has 25 heavy (non-hydrogen) atoms. The molecule has 0 aliphatic carbocycles. The van der Waals surface area contributed by atoms with Gasteiger partial charge in [-0.15, -0.1) is 0 Å². The van der Waals surface area contributed by atoms with Gasteiger partial charge in [0.05, 0.1) is 19.9 Å². The lowest BCUT2D eigenvalue weighted by Crippen LogP contribution is -2.21. The summed E-state index contributed by atoms with van der Waals surface area (Å²) in [5.74, 6) is -8.17. The number of carbonyl (C=O) groups is 1. The lowest BCUT2D eigenvalue weighted by molar-refractivity contribution is -0.118. The van der Waals surface area contributed by atoms with E-state index in [1.54, 1.807) is 6.07 Å². The highest BCUT2D eigenvalue weighted by Gasteiger charge is 2.21. The van der Waals surface area contributed by atoms with Gasteiger partial charge in [0.1, 0.15) is 11.5 Å². The zero-order chi connectivity index (χ0) is 18.6. The fourth-order valence-corrected chi connectivity index (χ4v) is 1.91. The average Bonchev–Trinajstić information content (AvgIpc) is 2.60. The van der Waals surface area contributed by atoms with Crippen LogP contribution in [0, 0.1) is 23.3 Å². The zero-order valence-corrected chi connectivity index (χ0v) is 13.2. The first-order chi connectivity index (χ1) is 11.9. The van der Waals surface area contributed by atoms with Gasteiger partial charge in [0.25, 0.3) is 5.91 Å². The van der Waals surface area contributed by atoms with Crippen LogP contribution in [0.15, 0.2) is 24.3 Å². The van der Waals surface area contributed by atoms with Crippen molar-refractivity contribution in [2.45, 2.75) is 0 Å². The third-order valence-corrected chi connectivity index (χ3v) is 3.10. The van der Waals surface area contributed by atoms with Crippen LogP contribution in [0.25, 0.3) is 0 Å². The van der Waals surface area contributed by atoms with Crippen LogP contribution in [0.2, 0.25) is 0 Å². The number of carbonyl (C=O) groups excluding carboxylic acids is 1. The second-order valence-corrected chi connectivity index (χ2v) is 4.70. The highest BCUT2D eigenvalue weighted by Crippen LogP contribution is 2.29. The van der Waals surface area contributed by atoms with Gasteiger partial charge in [-0.3, -0.25) is 4.79 Å². The molecule has 0 aromatic heterocycles. The summed E-state index contributed by atoms with van der Waals surface area (Å²) in [7, 11) is 2.79. The Labute approximate surface area is 140 Å². The van der Waals surface area contributed by atoms with Gasteiger partial charge in [0, 0.05) is 12.1 Å². The number of methoxy groups -OCH3 is 2. The minimum Gasteiger partial charge on any atom is -0.497 e. The monoisotopic (exact) mass is 359 g/mol. The third-order valence-electron chi connectivity index (χ3n) is 3.10. The molecule has 134 valence electrons. The topological polar surface area (TPSA) is 56.8 Å². The van der Waals surface area contributed by atoms with Crippen molar-refractivity contribution in [3.63, 3.8) is 0 Å². The second-order valence-electron chi connectivity index (χ2n) is 4.70. The fourth-order valence-electron chi connectivity index (χ4n) is 1.91. The summed E-state index contributed by atoms with van der Waals surface area (Å²) >= 11 is 0. The molecule has 0 saturated carbocycles. The molecular formula is C16H13F4NO4. The molecule has 0 spiro atoms. The lowest BCUT2D eigenvalue weighted by atomic mass is 10.2. The second kappa shape index (κ2) is 7.73. The van der Waals surface area contributed by atoms with Crippen molar-refractivity contribution in [1.82, 2.24) is 0 Å². The Balaban J connectivity index is 2.12. The Morgan fingerprint density at radius 3 is 2.20 bits per heavy atom. The molecule has 1 amide bonds. The Hall–Kier alpha value is -2.97. The van der Waals surface area contributed by atoms with Gasteiger partial charge in [-0.1, -0.05) is 0 Å². The number of rotatable bonds is 6. The van der Waals surface area contributed by atoms with E-state index in [-0.39, 0.29) is 11.8 Å². The van der Waals surface area contributed by atoms with Gasteiger partial charge in [-0.05, 0) is 12.1 Å². The number of amides is 1. The maximum atomic E-state index is 13.5. The molecular weight excluding hydrogens is 346 g/mol. The number of halogens is 4. The first kappa shape index (κ1) is 18.4. The summed E-state index contributed by atoms with van der Waals surface area (Å²) in [6.45, 7) is -0.892. The van der Waals surface area contributed by atoms with Crippen LogP contribution in [0.1, 0.15) is 0 Å². The predicted molar refractivity (Wildman–Crippen MR) is 79.9 cm³/mol. The van der Waals surface area contributed by atoms with Crippen molar-refractivity contribution in [2.24, 2.45) is 0 Å². The highest BCUT2D eigenvalue weighted by molar-refractivity contribution is 5.93. The predicted octanol–water partition coefficient (Wildman–Crippen LogP) is 3.28. The largest absolute Gasteiger partial charge is 0.497 e. The van der Waals surface area contributed by atoms with Crippen molar-refractivity contribution >= 4 is 11.6 Å². The Morgan fingerprint density at radius 1 is 1.00 bits per heavy atom. The summed E-state index contributed by atoms with van der Waals surface area (Å²) in [4.78, 5) is 11.9. The summed E-state index contributed by atoms with van der Waals surface area (Å²) in [5, 5.41) is 2.37. The fraction of sp³-hybridized carbons (Fsp3) is 0.188. The first-order valence-corrected chi connectivity index (χ1v) is 6.85. The maximum absolute atomic E-state index is 13.5. The van der Waals surface area contributed by atoms with E-state index >= 15 is 0 Å². The van der Waals surface area contributed by atoms with E-state index in [0.717, 1.165) is 0 Å². The van der Waals surface area contributed by atoms with Crippen molar-refractivity contribution in [3.05, 3.63) is 47.5 Å². The molecule has 0 fully saturated rings. The van der Waals surface area contributed by atoms with Crippen LogP contribution in [0.4, 0.5) is 23.2 Å². The van der Waals surface area contributed by atoms with Gasteiger partial charge in [-0.25, -0.2) is 8.78 Å². The molecule has 2 aromatic rings. The van der Waals surface area contributed by atoms with E-state index in [9.17, 15) is 22.4 Å². The number of ether oxygens (including phenoxy) is 3. The summed E-state index contributed by atoms with van der Waals surface area (Å²) in [6.07, 6.45) is 0. The molecule has 9 heteroatoms. The molecule has 0 unspecified atom stereocenters. The molecule has 0 saturated heterocycles. The average molecular weight is 359 g/mol. The smallest absolute Gasteiger partial charge is 0.262 e. The number of anilines is 1. The molecule has 0 bridgehead atoms. The first-order valence-electron chi connectivity index (χ1n) is 6.85. The molecule has 1 N–H and O–H groups in total. The number of hydrogen-bond donors (Lipinski definition) is 1. The molecule has 0 aliphatic heterocycles. The molecule has 0 heterocycles. The molecule has 0 aliphatic rings. The van der Waals surface area contributed by atoms with Gasteiger partial charge >= 0.3 is 0 Å². The summed E-state index contributed by atoms with van der Waals surface area (Å²) < 4.78 is 67.7. The molecule has 2 rings (SSSR count). The highest BCUT2D eigenvalue weighted by atomic mass is 19.2. The normalized spacial score (nSPS) is 10.3. The standard InChI is InChI=1S/C16H13F4NO4/c1-23-8-3-4-12(24-2)11(5-8)21-13(22)7-25-16-14(19)9(17)6-10(18)15(16)20/h3-6H,7H2,1-2H3,(H,21,22). The summed E-state index contributed by atoms with van der Waals surface area (Å²) in [6, 6.07) is 4.60. The van der Waals surface area contributed by atoms with E-state index < -0.39 is 41.5 Å². The van der Waals surface area contributed by atoms with Crippen molar-refractivity contribution in [2.75, 3.05) is 26.1 Å². The quantitative estimate of drug-likeness (QED) is 0.635. The molecule has 2 aromatic carbocycles. The molecule has 0 radical (unpaired) electrons. The van der Waals surface area contributed by atoms with Gasteiger partial charge in [-0.2, -0.15) is 8.78 Å². The number of benzene rings is 2. The SMILES string of the molecule is COc1ccc(OC)c(NC(=O)COc2c(F)c(F)cc(F)c2F)c1. The van der Waals surface area contributed by atoms with E-state index in [2.05, 4.69) is 10.1 Å². The maximum Gasteiger partial charge on any atom is 0.262 e. The number of hydrogen-bond acceptors (Lipinski definition) is 4. The van der Waals surface area contributed by atoms with E-state index in [1.165, 1.54) is 26.4 Å². The van der Waals surface area contributed by atoms with Gasteiger partial charge in [0.2, 0.25) is 11.6 Å². The van der Waals surface area contributed by atoms with Crippen LogP contribution in [0.5, 0.6) is 17.2 Å². The number of nitrogens with one attached hydrogen (secondary N) is 1. The Morgan fingerprint density at radius 2 is 1.64 bits per heavy atom. The van der Waals surface area contributed by atoms with E-state index in [0.29, 0.717) is 11.5 Å². The van der Waals surface area contributed by atoms with Crippen molar-refractivity contribution in [1.29, 1.82) is 0 Å². The van der Waals surface area contributed by atoms with Crippen molar-refractivity contribution in [3.8, 4) is 17.2 Å². The lowest BCUT2D eigenvalue weighted by Gasteiger charge is -2.13. The van der Waals surface area contributed by atoms with Crippen LogP contribution >= 0.6 is 0 Å². The van der Waals surface area contributed by atoms with Crippen LogP contribution in [-0.2, 0) is 4.79 Å². The molecule has 0 atom stereocenters. The van der Waals surface area contributed by atoms with E-state index in [4.69, 9.17) is 9.47 Å². The minimum atomic E-state index is -1.73. The minimum absolute atomic E-state index is 0.0404. The van der Waals surface area contributed by atoms with Crippen LogP contribution in [0.3, 0.4) is 0 Å². The third kappa shape index (κ3) is 4.11. The zero-order valence-electron chi connectivity index (χ0n) is 13.2. The Bertz CT molecular complexity index is 772. The van der Waals surface area contributed by atoms with Crippen molar-refractivity contribution < 1.29 is 36.6 Å². The Kier molecular flexibility index (Phi) is 5.68. The summed E-state index contributed by atoms with van der Waals surface area (Å²) in [5.41, 5.74) is 0.210. The van der Waals surface area contributed by atoms with Gasteiger partial charge < -0.3 is 19.5 Å². The van der Waals surface area contributed by atoms with Crippen LogP contribution in [-0.4, -0.2) is 26.7 Å².